The molecule has 0 bridgehead atoms. The van der Waals surface area contributed by atoms with E-state index in [2.05, 4.69) is 5.32 Å². The summed E-state index contributed by atoms with van der Waals surface area (Å²) in [5.74, 6) is -0.209. The SMILES string of the molecule is CC(C(=O)NC(C(=O)N1CCC[C@H]1c1nc(C(=O)c2cccc(OCCCCC=O)c2)cs1)C1CCCCC1)N(C)C(=O)OC(C)(C)C. The Morgan fingerprint density at radius 1 is 1.10 bits per heavy atom. The number of likely N-dealkylation sites (N-methyl/N-ethyl adjacent to an activating group) is 1. The van der Waals surface area contributed by atoms with Gasteiger partial charge in [0, 0.05) is 31.0 Å². The van der Waals surface area contributed by atoms with Crippen LogP contribution >= 0.6 is 11.3 Å². The third kappa shape index (κ3) is 9.87. The standard InChI is InChI=1S/C36H50N4O7S/c1-24(39(5)35(45)47-36(2,3)4)32(43)38-30(25-14-8-6-9-15-25)34(44)40-19-13-18-29(40)33-37-28(23-48-33)31(42)26-16-12-17-27(22-26)46-21-11-7-10-20-41/h12,16-17,20,22-25,29-30H,6-11,13-15,18-19,21H2,1-5H3,(H,38,43)/t24?,29-,30?/m0/s1. The molecular weight excluding hydrogens is 632 g/mol. The fraction of sp³-hybridized carbons (Fsp3) is 0.611. The van der Waals surface area contributed by atoms with Crippen LogP contribution in [0.4, 0.5) is 4.79 Å². The third-order valence-electron chi connectivity index (χ3n) is 8.98. The van der Waals surface area contributed by atoms with Gasteiger partial charge in [-0.25, -0.2) is 9.78 Å². The fourth-order valence-electron chi connectivity index (χ4n) is 6.20. The summed E-state index contributed by atoms with van der Waals surface area (Å²) in [4.78, 5) is 72.2. The fourth-order valence-corrected chi connectivity index (χ4v) is 7.14. The maximum absolute atomic E-state index is 14.3. The van der Waals surface area contributed by atoms with E-state index in [1.807, 2.05) is 4.90 Å². The molecule has 0 spiro atoms. The molecule has 2 fully saturated rings. The molecule has 1 aromatic heterocycles. The maximum atomic E-state index is 14.3. The predicted molar refractivity (Wildman–Crippen MR) is 183 cm³/mol. The molecule has 1 aromatic carbocycles. The molecule has 48 heavy (non-hydrogen) atoms. The number of thiazole rings is 1. The maximum Gasteiger partial charge on any atom is 0.410 e. The van der Waals surface area contributed by atoms with Gasteiger partial charge in [0.2, 0.25) is 17.6 Å². The van der Waals surface area contributed by atoms with E-state index in [9.17, 15) is 24.0 Å². The quantitative estimate of drug-likeness (QED) is 0.143. The first kappa shape index (κ1) is 37.0. The van der Waals surface area contributed by atoms with Crippen LogP contribution in [0.1, 0.15) is 119 Å². The summed E-state index contributed by atoms with van der Waals surface area (Å²) < 4.78 is 11.2. The normalized spacial score (nSPS) is 18.1. The number of hydrogen-bond donors (Lipinski definition) is 1. The first-order chi connectivity index (χ1) is 22.9. The summed E-state index contributed by atoms with van der Waals surface area (Å²) in [5.41, 5.74) is 0.0697. The lowest BCUT2D eigenvalue weighted by atomic mass is 9.83. The molecule has 2 heterocycles. The van der Waals surface area contributed by atoms with Gasteiger partial charge in [-0.05, 0) is 84.3 Å². The number of unbranched alkanes of at least 4 members (excludes halogenated alkanes) is 2. The number of rotatable bonds is 14. The van der Waals surface area contributed by atoms with Gasteiger partial charge in [0.05, 0.1) is 12.6 Å². The molecule has 11 nitrogen and oxygen atoms in total. The van der Waals surface area contributed by atoms with E-state index in [1.165, 1.54) is 23.3 Å². The van der Waals surface area contributed by atoms with Crippen LogP contribution in [0.2, 0.25) is 0 Å². The van der Waals surface area contributed by atoms with Crippen molar-refractivity contribution >= 4 is 41.3 Å². The van der Waals surface area contributed by atoms with Crippen molar-refractivity contribution in [2.75, 3.05) is 20.2 Å². The summed E-state index contributed by atoms with van der Waals surface area (Å²) in [6.45, 7) is 7.93. The molecule has 2 unspecified atom stereocenters. The van der Waals surface area contributed by atoms with Gasteiger partial charge in [0.1, 0.15) is 40.4 Å². The van der Waals surface area contributed by atoms with Gasteiger partial charge < -0.3 is 24.5 Å². The molecule has 1 aliphatic carbocycles. The summed E-state index contributed by atoms with van der Waals surface area (Å²) in [6.07, 6.45) is 8.54. The Morgan fingerprint density at radius 2 is 1.85 bits per heavy atom. The predicted octanol–water partition coefficient (Wildman–Crippen LogP) is 6.11. The molecular formula is C36H50N4O7S. The molecule has 1 N–H and O–H groups in total. The lowest BCUT2D eigenvalue weighted by Crippen LogP contribution is -2.56. The first-order valence-corrected chi connectivity index (χ1v) is 18.0. The van der Waals surface area contributed by atoms with Crippen LogP contribution in [0.25, 0.3) is 0 Å². The monoisotopic (exact) mass is 682 g/mol. The van der Waals surface area contributed by atoms with Gasteiger partial charge in [-0.1, -0.05) is 31.4 Å². The van der Waals surface area contributed by atoms with Crippen LogP contribution in [-0.4, -0.2) is 82.6 Å². The molecule has 1 aliphatic heterocycles. The second kappa shape index (κ2) is 17.0. The zero-order valence-electron chi connectivity index (χ0n) is 28.9. The van der Waals surface area contributed by atoms with Crippen LogP contribution in [-0.2, 0) is 19.1 Å². The molecule has 262 valence electrons. The van der Waals surface area contributed by atoms with Gasteiger partial charge in [-0.3, -0.25) is 19.3 Å². The van der Waals surface area contributed by atoms with Crippen LogP contribution in [0.15, 0.2) is 29.6 Å². The zero-order chi connectivity index (χ0) is 34.8. The summed E-state index contributed by atoms with van der Waals surface area (Å²) in [5, 5.41) is 5.46. The third-order valence-corrected chi connectivity index (χ3v) is 9.93. The van der Waals surface area contributed by atoms with Crippen molar-refractivity contribution in [2.45, 2.75) is 116 Å². The number of carbonyl (C=O) groups is 5. The Bertz CT molecular complexity index is 1430. The summed E-state index contributed by atoms with van der Waals surface area (Å²) in [7, 11) is 1.52. The number of nitrogens with zero attached hydrogens (tertiary/aromatic N) is 3. The number of aldehydes is 1. The average molecular weight is 683 g/mol. The van der Waals surface area contributed by atoms with Crippen molar-refractivity contribution in [3.8, 4) is 5.75 Å². The highest BCUT2D eigenvalue weighted by Crippen LogP contribution is 2.36. The Morgan fingerprint density at radius 3 is 2.56 bits per heavy atom. The second-order valence-corrected chi connectivity index (χ2v) is 14.7. The van der Waals surface area contributed by atoms with Crippen LogP contribution in [0.3, 0.4) is 0 Å². The minimum atomic E-state index is -0.841. The number of amides is 3. The average Bonchev–Trinajstić information content (AvgIpc) is 3.76. The summed E-state index contributed by atoms with van der Waals surface area (Å²) >= 11 is 1.36. The number of aromatic nitrogens is 1. The minimum absolute atomic E-state index is 0.0107. The van der Waals surface area contributed by atoms with Crippen molar-refractivity contribution in [3.05, 3.63) is 45.9 Å². The number of carbonyl (C=O) groups excluding carboxylic acids is 5. The van der Waals surface area contributed by atoms with Gasteiger partial charge in [-0.15, -0.1) is 11.3 Å². The highest BCUT2D eigenvalue weighted by Gasteiger charge is 2.41. The van der Waals surface area contributed by atoms with Crippen molar-refractivity contribution < 1.29 is 33.4 Å². The highest BCUT2D eigenvalue weighted by atomic mass is 32.1. The second-order valence-electron chi connectivity index (χ2n) is 13.8. The Balaban J connectivity index is 1.46. The van der Waals surface area contributed by atoms with Crippen LogP contribution in [0.5, 0.6) is 5.75 Å². The lowest BCUT2D eigenvalue weighted by molar-refractivity contribution is -0.140. The summed E-state index contributed by atoms with van der Waals surface area (Å²) in [6, 6.07) is 5.13. The molecule has 2 aromatic rings. The molecule has 3 amide bonds. The number of ketones is 1. The van der Waals surface area contributed by atoms with E-state index in [1.54, 1.807) is 57.3 Å². The zero-order valence-corrected chi connectivity index (χ0v) is 29.7. The van der Waals surface area contributed by atoms with Crippen molar-refractivity contribution in [2.24, 2.45) is 5.92 Å². The van der Waals surface area contributed by atoms with E-state index in [0.717, 1.165) is 57.7 Å². The Labute approximate surface area is 287 Å². The largest absolute Gasteiger partial charge is 0.494 e. The Kier molecular flexibility index (Phi) is 13.1. The van der Waals surface area contributed by atoms with E-state index < -0.39 is 29.7 Å². The number of ether oxygens (including phenoxy) is 2. The molecule has 0 radical (unpaired) electrons. The van der Waals surface area contributed by atoms with Crippen molar-refractivity contribution in [1.82, 2.24) is 20.1 Å². The molecule has 1 saturated heterocycles. The number of nitrogens with one attached hydrogen (secondary N) is 1. The van der Waals surface area contributed by atoms with Crippen LogP contribution in [0, 0.1) is 5.92 Å². The molecule has 1 saturated carbocycles. The topological polar surface area (TPSA) is 135 Å². The van der Waals surface area contributed by atoms with Gasteiger partial charge in [0.25, 0.3) is 0 Å². The van der Waals surface area contributed by atoms with E-state index in [-0.39, 0.29) is 23.7 Å². The molecule has 3 atom stereocenters. The van der Waals surface area contributed by atoms with Crippen molar-refractivity contribution in [3.63, 3.8) is 0 Å². The van der Waals surface area contributed by atoms with Gasteiger partial charge >= 0.3 is 6.09 Å². The smallest absolute Gasteiger partial charge is 0.410 e. The number of hydrogen-bond acceptors (Lipinski definition) is 9. The number of benzene rings is 1. The van der Waals surface area contributed by atoms with Gasteiger partial charge in [0.15, 0.2) is 0 Å². The highest BCUT2D eigenvalue weighted by molar-refractivity contribution is 7.10. The Hall–Kier alpha value is -3.80. The minimum Gasteiger partial charge on any atom is -0.494 e. The van der Waals surface area contributed by atoms with E-state index >= 15 is 0 Å². The van der Waals surface area contributed by atoms with Gasteiger partial charge in [-0.2, -0.15) is 0 Å². The number of likely N-dealkylation sites (tertiary alicyclic amines) is 1. The molecule has 4 rings (SSSR count). The molecule has 12 heteroatoms. The van der Waals surface area contributed by atoms with E-state index in [4.69, 9.17) is 14.5 Å². The van der Waals surface area contributed by atoms with Crippen molar-refractivity contribution in [1.29, 1.82) is 0 Å². The van der Waals surface area contributed by atoms with Crippen LogP contribution < -0.4 is 10.1 Å². The van der Waals surface area contributed by atoms with E-state index in [0.29, 0.717) is 48.0 Å². The molecule has 2 aliphatic rings. The lowest BCUT2D eigenvalue weighted by Gasteiger charge is -2.36. The first-order valence-electron chi connectivity index (χ1n) is 17.1.